The van der Waals surface area contributed by atoms with Crippen molar-refractivity contribution in [1.82, 2.24) is 4.90 Å². The number of fused-ring (bicyclic) bond motifs is 1. The summed E-state index contributed by atoms with van der Waals surface area (Å²) in [5.74, 6) is -0.00639. The predicted molar refractivity (Wildman–Crippen MR) is 66.0 cm³/mol. The van der Waals surface area contributed by atoms with E-state index in [2.05, 4.69) is 24.1 Å². The molecular weight excluding hydrogens is 200 g/mol. The van der Waals surface area contributed by atoms with E-state index in [1.165, 1.54) is 0 Å². The minimum absolute atomic E-state index is 0.00639. The fraction of sp³-hybridized carbons (Fsp3) is 0.308. The number of carbonyl (C=O) groups excluding carboxylic acids is 1. The van der Waals surface area contributed by atoms with Crippen molar-refractivity contribution in [1.29, 1.82) is 0 Å². The lowest BCUT2D eigenvalue weighted by Gasteiger charge is -2.15. The Labute approximate surface area is 95.8 Å². The summed E-state index contributed by atoms with van der Waals surface area (Å²) in [5.41, 5.74) is 2.67. The third kappa shape index (κ3) is 1.81. The molecule has 1 aromatic carbocycles. The zero-order valence-corrected chi connectivity index (χ0v) is 9.66. The van der Waals surface area contributed by atoms with Gasteiger partial charge in [0.1, 0.15) is 0 Å². The first-order valence-corrected chi connectivity index (χ1v) is 5.63. The zero-order chi connectivity index (χ0) is 11.5. The highest BCUT2D eigenvalue weighted by atomic mass is 16.2. The molecule has 2 rings (SSSR count). The van der Waals surface area contributed by atoms with E-state index in [-0.39, 0.29) is 5.91 Å². The van der Waals surface area contributed by atoms with Crippen LogP contribution in [0.25, 0.3) is 5.57 Å². The van der Waals surface area contributed by atoms with Gasteiger partial charge in [-0.05, 0) is 19.9 Å². The summed E-state index contributed by atoms with van der Waals surface area (Å²) >= 11 is 0. The summed E-state index contributed by atoms with van der Waals surface area (Å²) in [6, 6.07) is 7.79. The van der Waals surface area contributed by atoms with Crippen molar-refractivity contribution >= 4 is 17.2 Å². The number of anilines is 1. The molecule has 1 heterocycles. The summed E-state index contributed by atoms with van der Waals surface area (Å²) in [4.78, 5) is 13.9. The third-order valence-corrected chi connectivity index (χ3v) is 2.83. The number of rotatable bonds is 3. The summed E-state index contributed by atoms with van der Waals surface area (Å²) < 4.78 is 0. The molecule has 0 atom stereocenters. The fourth-order valence-corrected chi connectivity index (χ4v) is 1.86. The van der Waals surface area contributed by atoms with Crippen molar-refractivity contribution in [2.75, 3.05) is 18.4 Å². The maximum absolute atomic E-state index is 11.8. The monoisotopic (exact) mass is 216 g/mol. The largest absolute Gasteiger partial charge is 0.377 e. The molecule has 0 radical (unpaired) electrons. The van der Waals surface area contributed by atoms with Gasteiger partial charge in [0.2, 0.25) is 0 Å². The first kappa shape index (κ1) is 10.7. The number of carbonyl (C=O) groups is 1. The van der Waals surface area contributed by atoms with E-state index < -0.39 is 0 Å². The number of hydrogen-bond donors (Lipinski definition) is 1. The van der Waals surface area contributed by atoms with Gasteiger partial charge in [-0.3, -0.25) is 4.79 Å². The fourth-order valence-electron chi connectivity index (χ4n) is 1.86. The Balaban J connectivity index is 2.38. The third-order valence-electron chi connectivity index (χ3n) is 2.83. The van der Waals surface area contributed by atoms with Crippen molar-refractivity contribution in [3.63, 3.8) is 0 Å². The van der Waals surface area contributed by atoms with Crippen LogP contribution in [0, 0.1) is 0 Å². The van der Waals surface area contributed by atoms with Gasteiger partial charge in [0.05, 0.1) is 5.57 Å². The van der Waals surface area contributed by atoms with Gasteiger partial charge in [-0.1, -0.05) is 18.2 Å². The molecule has 1 N–H and O–H groups in total. The first-order chi connectivity index (χ1) is 7.76. The highest BCUT2D eigenvalue weighted by Gasteiger charge is 2.23. The molecular formula is C13H16N2O. The predicted octanol–water partition coefficient (Wildman–Crippen LogP) is 2.32. The topological polar surface area (TPSA) is 32.3 Å². The van der Waals surface area contributed by atoms with E-state index in [9.17, 15) is 4.79 Å². The van der Waals surface area contributed by atoms with Gasteiger partial charge in [-0.2, -0.15) is 0 Å². The second kappa shape index (κ2) is 4.39. The van der Waals surface area contributed by atoms with Crippen molar-refractivity contribution in [2.24, 2.45) is 0 Å². The molecule has 0 aromatic heterocycles. The molecule has 1 aliphatic rings. The Hall–Kier alpha value is -1.77. The maximum atomic E-state index is 11.8. The molecule has 0 spiro atoms. The van der Waals surface area contributed by atoms with Crippen LogP contribution in [-0.4, -0.2) is 23.9 Å². The van der Waals surface area contributed by atoms with E-state index in [1.807, 2.05) is 30.5 Å². The SMILES string of the molecule is CCN(C=C1C(=O)Nc2ccccc21)CC. The van der Waals surface area contributed by atoms with Crippen molar-refractivity contribution < 1.29 is 4.79 Å². The molecule has 0 aliphatic carbocycles. The van der Waals surface area contributed by atoms with Crippen molar-refractivity contribution in [3.05, 3.63) is 36.0 Å². The summed E-state index contributed by atoms with van der Waals surface area (Å²) in [6.45, 7) is 5.99. The van der Waals surface area contributed by atoms with Crippen LogP contribution >= 0.6 is 0 Å². The lowest BCUT2D eigenvalue weighted by atomic mass is 10.1. The van der Waals surface area contributed by atoms with Gasteiger partial charge in [-0.15, -0.1) is 0 Å². The normalized spacial score (nSPS) is 16.1. The van der Waals surface area contributed by atoms with Crippen LogP contribution in [0.4, 0.5) is 5.69 Å². The Kier molecular flexibility index (Phi) is 2.95. The number of para-hydroxylation sites is 1. The molecule has 1 aromatic rings. The van der Waals surface area contributed by atoms with Gasteiger partial charge >= 0.3 is 0 Å². The molecule has 0 bridgehead atoms. The second-order valence-corrected chi connectivity index (χ2v) is 3.76. The minimum atomic E-state index is -0.00639. The van der Waals surface area contributed by atoms with Gasteiger partial charge in [0.25, 0.3) is 5.91 Å². The van der Waals surface area contributed by atoms with Crippen LogP contribution in [-0.2, 0) is 4.79 Å². The van der Waals surface area contributed by atoms with Crippen LogP contribution in [0.2, 0.25) is 0 Å². The van der Waals surface area contributed by atoms with E-state index in [4.69, 9.17) is 0 Å². The van der Waals surface area contributed by atoms with Gasteiger partial charge in [0.15, 0.2) is 0 Å². The molecule has 0 saturated carbocycles. The number of hydrogen-bond acceptors (Lipinski definition) is 2. The average Bonchev–Trinajstić information content (AvgIpc) is 2.62. The van der Waals surface area contributed by atoms with Gasteiger partial charge < -0.3 is 10.2 Å². The molecule has 84 valence electrons. The standard InChI is InChI=1S/C13H16N2O/c1-3-15(4-2)9-11-10-7-5-6-8-12(10)14-13(11)16/h5-9H,3-4H2,1-2H3,(H,14,16). The highest BCUT2D eigenvalue weighted by Crippen LogP contribution is 2.31. The van der Waals surface area contributed by atoms with E-state index >= 15 is 0 Å². The number of nitrogens with one attached hydrogen (secondary N) is 1. The lowest BCUT2D eigenvalue weighted by molar-refractivity contribution is -0.110. The maximum Gasteiger partial charge on any atom is 0.257 e. The molecule has 0 saturated heterocycles. The number of benzene rings is 1. The second-order valence-electron chi connectivity index (χ2n) is 3.76. The van der Waals surface area contributed by atoms with Crippen molar-refractivity contribution in [2.45, 2.75) is 13.8 Å². The number of nitrogens with zero attached hydrogens (tertiary/aromatic N) is 1. The summed E-state index contributed by atoms with van der Waals surface area (Å²) in [7, 11) is 0. The summed E-state index contributed by atoms with van der Waals surface area (Å²) in [6.07, 6.45) is 1.95. The van der Waals surface area contributed by atoms with Crippen LogP contribution < -0.4 is 5.32 Å². The van der Waals surface area contributed by atoms with E-state index in [1.54, 1.807) is 0 Å². The van der Waals surface area contributed by atoms with E-state index in [0.717, 1.165) is 29.9 Å². The Morgan fingerprint density at radius 3 is 2.62 bits per heavy atom. The molecule has 3 nitrogen and oxygen atoms in total. The highest BCUT2D eigenvalue weighted by molar-refractivity contribution is 6.31. The average molecular weight is 216 g/mol. The quantitative estimate of drug-likeness (QED) is 0.786. The molecule has 16 heavy (non-hydrogen) atoms. The number of amides is 1. The Morgan fingerprint density at radius 1 is 1.25 bits per heavy atom. The van der Waals surface area contributed by atoms with Crippen LogP contribution in [0.15, 0.2) is 30.5 Å². The molecule has 3 heteroatoms. The van der Waals surface area contributed by atoms with E-state index in [0.29, 0.717) is 0 Å². The summed E-state index contributed by atoms with van der Waals surface area (Å²) in [5, 5.41) is 2.87. The zero-order valence-electron chi connectivity index (χ0n) is 9.66. The van der Waals surface area contributed by atoms with Crippen LogP contribution in [0.3, 0.4) is 0 Å². The van der Waals surface area contributed by atoms with Crippen LogP contribution in [0.5, 0.6) is 0 Å². The lowest BCUT2D eigenvalue weighted by Crippen LogP contribution is -2.17. The van der Waals surface area contributed by atoms with Gasteiger partial charge in [-0.25, -0.2) is 0 Å². The van der Waals surface area contributed by atoms with Crippen LogP contribution in [0.1, 0.15) is 19.4 Å². The van der Waals surface area contributed by atoms with Crippen molar-refractivity contribution in [3.8, 4) is 0 Å². The first-order valence-electron chi connectivity index (χ1n) is 5.63. The molecule has 0 fully saturated rings. The Bertz CT molecular complexity index is 433. The minimum Gasteiger partial charge on any atom is -0.377 e. The molecule has 0 unspecified atom stereocenters. The Morgan fingerprint density at radius 2 is 1.94 bits per heavy atom. The smallest absolute Gasteiger partial charge is 0.257 e. The molecule has 1 aliphatic heterocycles. The molecule has 1 amide bonds. The van der Waals surface area contributed by atoms with Gasteiger partial charge in [0, 0.05) is 30.5 Å².